The lowest BCUT2D eigenvalue weighted by Gasteiger charge is -2.31. The molecule has 112 valence electrons. The number of esters is 1. The van der Waals surface area contributed by atoms with Gasteiger partial charge in [-0.3, -0.25) is 9.36 Å². The van der Waals surface area contributed by atoms with Crippen molar-refractivity contribution in [2.45, 2.75) is 38.9 Å². The topological polar surface area (TPSA) is 64.6 Å². The number of ether oxygens (including phenoxy) is 1. The lowest BCUT2D eigenvalue weighted by Crippen LogP contribution is -2.47. The highest BCUT2D eigenvalue weighted by atomic mass is 31.2. The average molecular weight is 299 g/mol. The quantitative estimate of drug-likeness (QED) is 0.645. The lowest BCUT2D eigenvalue weighted by atomic mass is 10.1. The molecule has 0 spiro atoms. The Morgan fingerprint density at radius 3 is 2.25 bits per heavy atom. The second-order valence-electron chi connectivity index (χ2n) is 5.32. The number of carbonyl (C=O) groups excluding carboxylic acids is 1. The van der Waals surface area contributed by atoms with Crippen molar-refractivity contribution in [1.82, 2.24) is 5.09 Å². The standard InChI is InChI=1S/C14H22NO4P/c1-11(2)20(17,15-14(3,4)13(16)18-5)19-12-9-7-6-8-10-12/h6-11H,1-5H3,(H,15,17). The highest BCUT2D eigenvalue weighted by Crippen LogP contribution is 2.49. The van der Waals surface area contributed by atoms with Crippen LogP contribution in [-0.4, -0.2) is 24.3 Å². The number of rotatable bonds is 6. The number of hydrogen-bond donors (Lipinski definition) is 1. The van der Waals surface area contributed by atoms with Crippen LogP contribution in [0.25, 0.3) is 0 Å². The van der Waals surface area contributed by atoms with Gasteiger partial charge in [0.1, 0.15) is 11.3 Å². The van der Waals surface area contributed by atoms with E-state index in [9.17, 15) is 9.36 Å². The first-order valence-corrected chi connectivity index (χ1v) is 8.13. The van der Waals surface area contributed by atoms with Crippen molar-refractivity contribution in [2.75, 3.05) is 7.11 Å². The van der Waals surface area contributed by atoms with E-state index in [1.54, 1.807) is 52.0 Å². The lowest BCUT2D eigenvalue weighted by molar-refractivity contribution is -0.146. The summed E-state index contributed by atoms with van der Waals surface area (Å²) in [5.74, 6) is 0.00716. The molecule has 1 aromatic rings. The maximum absolute atomic E-state index is 13.0. The van der Waals surface area contributed by atoms with Gasteiger partial charge in [-0.15, -0.1) is 0 Å². The Labute approximate surface area is 120 Å². The molecule has 1 aromatic carbocycles. The third-order valence-electron chi connectivity index (χ3n) is 2.80. The molecule has 6 heteroatoms. The smallest absolute Gasteiger partial charge is 0.325 e. The van der Waals surface area contributed by atoms with Crippen molar-refractivity contribution in [3.63, 3.8) is 0 Å². The molecule has 0 amide bonds. The zero-order chi connectivity index (χ0) is 15.4. The third kappa shape index (κ3) is 4.09. The summed E-state index contributed by atoms with van der Waals surface area (Å²) in [6.07, 6.45) is 0. The summed E-state index contributed by atoms with van der Waals surface area (Å²) in [6, 6.07) is 8.89. The number of para-hydroxylation sites is 1. The normalized spacial score (nSPS) is 14.7. The predicted octanol–water partition coefficient (Wildman–Crippen LogP) is 3.21. The van der Waals surface area contributed by atoms with Gasteiger partial charge >= 0.3 is 13.5 Å². The van der Waals surface area contributed by atoms with Crippen LogP contribution in [0.1, 0.15) is 27.7 Å². The minimum atomic E-state index is -3.25. The SMILES string of the molecule is COC(=O)C(C)(C)NP(=O)(Oc1ccccc1)C(C)C. The van der Waals surface area contributed by atoms with Gasteiger partial charge in [0.15, 0.2) is 0 Å². The summed E-state index contributed by atoms with van der Waals surface area (Å²) in [5, 5.41) is 2.83. The van der Waals surface area contributed by atoms with Crippen LogP contribution < -0.4 is 9.61 Å². The molecule has 0 fully saturated rings. The molecule has 0 aliphatic heterocycles. The van der Waals surface area contributed by atoms with Crippen LogP contribution in [0.3, 0.4) is 0 Å². The molecule has 0 aromatic heterocycles. The van der Waals surface area contributed by atoms with Crippen molar-refractivity contribution in [3.05, 3.63) is 30.3 Å². The van der Waals surface area contributed by atoms with Gasteiger partial charge in [0.25, 0.3) is 0 Å². The van der Waals surface area contributed by atoms with Crippen LogP contribution in [-0.2, 0) is 14.1 Å². The van der Waals surface area contributed by atoms with Crippen LogP contribution in [0.4, 0.5) is 0 Å². The maximum Gasteiger partial charge on any atom is 0.325 e. The van der Waals surface area contributed by atoms with Gasteiger partial charge in [-0.1, -0.05) is 32.0 Å². The number of nitrogens with one attached hydrogen (secondary N) is 1. The number of benzene rings is 1. The van der Waals surface area contributed by atoms with Gasteiger partial charge < -0.3 is 9.26 Å². The van der Waals surface area contributed by atoms with Gasteiger partial charge in [-0.25, -0.2) is 5.09 Å². The Balaban J connectivity index is 2.99. The zero-order valence-electron chi connectivity index (χ0n) is 12.5. The average Bonchev–Trinajstić information content (AvgIpc) is 2.37. The number of carbonyl (C=O) groups is 1. The van der Waals surface area contributed by atoms with Crippen LogP contribution in [0, 0.1) is 0 Å². The third-order valence-corrected chi connectivity index (χ3v) is 5.51. The molecular weight excluding hydrogens is 277 g/mol. The molecule has 1 unspecified atom stereocenters. The van der Waals surface area contributed by atoms with Gasteiger partial charge in [0.05, 0.1) is 12.8 Å². The highest BCUT2D eigenvalue weighted by molar-refractivity contribution is 7.58. The van der Waals surface area contributed by atoms with Gasteiger partial charge in [0, 0.05) is 0 Å². The zero-order valence-corrected chi connectivity index (χ0v) is 13.4. The monoisotopic (exact) mass is 299 g/mol. The van der Waals surface area contributed by atoms with E-state index in [1.807, 2.05) is 6.07 Å². The van der Waals surface area contributed by atoms with E-state index in [0.29, 0.717) is 5.75 Å². The second kappa shape index (κ2) is 6.42. The van der Waals surface area contributed by atoms with Gasteiger partial charge in [-0.2, -0.15) is 0 Å². The van der Waals surface area contributed by atoms with Gasteiger partial charge in [0.2, 0.25) is 0 Å². The first-order valence-electron chi connectivity index (χ1n) is 6.43. The number of hydrogen-bond acceptors (Lipinski definition) is 4. The summed E-state index contributed by atoms with van der Waals surface area (Å²) < 4.78 is 23.3. The minimum Gasteiger partial charge on any atom is -0.468 e. The Morgan fingerprint density at radius 2 is 1.80 bits per heavy atom. The van der Waals surface area contributed by atoms with E-state index >= 15 is 0 Å². The van der Waals surface area contributed by atoms with E-state index in [2.05, 4.69) is 5.09 Å². The summed E-state index contributed by atoms with van der Waals surface area (Å²) in [6.45, 7) is 6.79. The van der Waals surface area contributed by atoms with Crippen LogP contribution in [0.2, 0.25) is 0 Å². The van der Waals surface area contributed by atoms with E-state index in [1.165, 1.54) is 7.11 Å². The van der Waals surface area contributed by atoms with Crippen molar-refractivity contribution in [2.24, 2.45) is 0 Å². The van der Waals surface area contributed by atoms with E-state index in [0.717, 1.165) is 0 Å². The number of methoxy groups -OCH3 is 1. The van der Waals surface area contributed by atoms with Crippen LogP contribution in [0.15, 0.2) is 30.3 Å². The largest absolute Gasteiger partial charge is 0.468 e. The van der Waals surface area contributed by atoms with Crippen molar-refractivity contribution >= 4 is 13.5 Å². The van der Waals surface area contributed by atoms with Crippen molar-refractivity contribution in [3.8, 4) is 5.75 Å². The summed E-state index contributed by atoms with van der Waals surface area (Å²) in [7, 11) is -1.96. The summed E-state index contributed by atoms with van der Waals surface area (Å²) in [4.78, 5) is 11.7. The van der Waals surface area contributed by atoms with Gasteiger partial charge in [-0.05, 0) is 26.0 Å². The molecule has 20 heavy (non-hydrogen) atoms. The Morgan fingerprint density at radius 1 is 1.25 bits per heavy atom. The molecule has 1 rings (SSSR count). The van der Waals surface area contributed by atoms with Crippen molar-refractivity contribution < 1.29 is 18.6 Å². The molecule has 1 N–H and O–H groups in total. The summed E-state index contributed by atoms with van der Waals surface area (Å²) in [5.41, 5.74) is -1.38. The molecule has 0 aliphatic carbocycles. The Kier molecular flexibility index (Phi) is 5.37. The first kappa shape index (κ1) is 16.7. The Hall–Kier alpha value is -1.32. The maximum atomic E-state index is 13.0. The molecule has 0 bridgehead atoms. The van der Waals surface area contributed by atoms with E-state index < -0.39 is 19.0 Å². The highest BCUT2D eigenvalue weighted by Gasteiger charge is 2.40. The van der Waals surface area contributed by atoms with Crippen LogP contribution >= 0.6 is 7.52 Å². The van der Waals surface area contributed by atoms with Crippen LogP contribution in [0.5, 0.6) is 5.75 Å². The molecule has 1 atom stereocenters. The van der Waals surface area contributed by atoms with E-state index in [-0.39, 0.29) is 5.66 Å². The predicted molar refractivity (Wildman–Crippen MR) is 79.0 cm³/mol. The molecule has 5 nitrogen and oxygen atoms in total. The first-order chi connectivity index (χ1) is 9.21. The molecule has 0 radical (unpaired) electrons. The molecular formula is C14H22NO4P. The summed E-state index contributed by atoms with van der Waals surface area (Å²) >= 11 is 0. The molecule has 0 heterocycles. The fourth-order valence-corrected chi connectivity index (χ4v) is 3.41. The Bertz CT molecular complexity index is 499. The fraction of sp³-hybridized carbons (Fsp3) is 0.500. The molecule has 0 saturated carbocycles. The van der Waals surface area contributed by atoms with Crippen molar-refractivity contribution in [1.29, 1.82) is 0 Å². The molecule has 0 saturated heterocycles. The molecule has 0 aliphatic rings. The minimum absolute atomic E-state index is 0.286. The van der Waals surface area contributed by atoms with E-state index in [4.69, 9.17) is 9.26 Å². The fourth-order valence-electron chi connectivity index (χ4n) is 1.59. The second-order valence-corrected chi connectivity index (χ2v) is 7.96.